The highest BCUT2D eigenvalue weighted by Crippen LogP contribution is 2.31. The molecule has 2 aromatic carbocycles. The molecule has 0 radical (unpaired) electrons. The van der Waals surface area contributed by atoms with Crippen molar-refractivity contribution in [3.63, 3.8) is 0 Å². The van der Waals surface area contributed by atoms with E-state index < -0.39 is 0 Å². The molecule has 0 atom stereocenters. The zero-order chi connectivity index (χ0) is 31.9. The van der Waals surface area contributed by atoms with Gasteiger partial charge in [-0.25, -0.2) is 19.9 Å². The van der Waals surface area contributed by atoms with Crippen LogP contribution >= 0.6 is 0 Å². The van der Waals surface area contributed by atoms with E-state index in [4.69, 9.17) is 30.9 Å². The van der Waals surface area contributed by atoms with E-state index in [1.807, 2.05) is 24.3 Å². The van der Waals surface area contributed by atoms with Crippen molar-refractivity contribution >= 4 is 55.5 Å². The van der Waals surface area contributed by atoms with Gasteiger partial charge in [0.05, 0.1) is 35.3 Å². The number of para-hydroxylation sites is 2. The second-order valence-corrected chi connectivity index (χ2v) is 12.1. The average Bonchev–Trinajstić information content (AvgIpc) is 3.63. The maximum atomic E-state index is 6.35. The van der Waals surface area contributed by atoms with Crippen LogP contribution in [0.25, 0.3) is 43.9 Å². The Bertz CT molecular complexity index is 1790. The van der Waals surface area contributed by atoms with E-state index in [1.165, 1.54) is 38.5 Å². The first kappa shape index (κ1) is 31.7. The molecule has 46 heavy (non-hydrogen) atoms. The highest BCUT2D eigenvalue weighted by atomic mass is 16.5. The lowest BCUT2D eigenvalue weighted by Gasteiger charge is -2.11. The van der Waals surface area contributed by atoms with Crippen LogP contribution in [-0.2, 0) is 35.4 Å². The number of nitrogens with zero attached hydrogens (tertiary/aromatic N) is 6. The molecule has 4 N–H and O–H groups in total. The average molecular weight is 623 g/mol. The Morgan fingerprint density at radius 2 is 0.935 bits per heavy atom. The van der Waals surface area contributed by atoms with Crippen LogP contribution in [0.15, 0.2) is 48.5 Å². The van der Waals surface area contributed by atoms with Crippen LogP contribution in [0.3, 0.4) is 0 Å². The topological polar surface area (TPSA) is 132 Å². The third kappa shape index (κ3) is 6.64. The maximum Gasteiger partial charge on any atom is 0.152 e. The number of fused-ring (bicyclic) bond motifs is 6. The SMILES string of the molecule is COCCc1nc2c(N)nc3ccccc3c2n1CCCCCCCCCCn1c(CCOC)nc2c(N)nc3ccccc3c21. The molecule has 0 aliphatic rings. The molecule has 242 valence electrons. The van der Waals surface area contributed by atoms with Gasteiger partial charge in [0.1, 0.15) is 22.7 Å². The summed E-state index contributed by atoms with van der Waals surface area (Å²) in [6.45, 7) is 3.09. The van der Waals surface area contributed by atoms with E-state index in [9.17, 15) is 0 Å². The summed E-state index contributed by atoms with van der Waals surface area (Å²) in [6.07, 6.45) is 11.1. The van der Waals surface area contributed by atoms with Gasteiger partial charge in [-0.2, -0.15) is 0 Å². The fraction of sp³-hybridized carbons (Fsp3) is 0.444. The fourth-order valence-electron chi connectivity index (χ4n) is 6.66. The molecule has 0 unspecified atom stereocenters. The third-order valence-corrected chi connectivity index (χ3v) is 8.95. The molecule has 10 nitrogen and oxygen atoms in total. The Kier molecular flexibility index (Phi) is 10.2. The van der Waals surface area contributed by atoms with Gasteiger partial charge in [0, 0.05) is 50.9 Å². The van der Waals surface area contributed by atoms with E-state index >= 15 is 0 Å². The van der Waals surface area contributed by atoms with Crippen LogP contribution < -0.4 is 11.5 Å². The van der Waals surface area contributed by atoms with Crippen molar-refractivity contribution in [2.45, 2.75) is 77.3 Å². The van der Waals surface area contributed by atoms with Crippen LogP contribution in [0.4, 0.5) is 11.6 Å². The van der Waals surface area contributed by atoms with E-state index in [1.54, 1.807) is 14.2 Å². The number of pyridine rings is 2. The molecule has 0 bridgehead atoms. The lowest BCUT2D eigenvalue weighted by Crippen LogP contribution is -2.07. The third-order valence-electron chi connectivity index (χ3n) is 8.95. The monoisotopic (exact) mass is 622 g/mol. The molecule has 0 fully saturated rings. The lowest BCUT2D eigenvalue weighted by atomic mass is 10.1. The first-order chi connectivity index (χ1) is 22.6. The predicted molar refractivity (Wildman–Crippen MR) is 187 cm³/mol. The zero-order valence-electron chi connectivity index (χ0n) is 27.2. The number of methoxy groups -OCH3 is 2. The second-order valence-electron chi connectivity index (χ2n) is 12.1. The summed E-state index contributed by atoms with van der Waals surface area (Å²) >= 11 is 0. The summed E-state index contributed by atoms with van der Waals surface area (Å²) in [7, 11) is 3.46. The molecule has 0 aliphatic carbocycles. The number of rotatable bonds is 17. The molecule has 0 spiro atoms. The van der Waals surface area contributed by atoms with Crippen molar-refractivity contribution in [3.8, 4) is 0 Å². The summed E-state index contributed by atoms with van der Waals surface area (Å²) < 4.78 is 15.5. The van der Waals surface area contributed by atoms with Gasteiger partial charge >= 0.3 is 0 Å². The van der Waals surface area contributed by atoms with Crippen LogP contribution in [-0.4, -0.2) is 56.5 Å². The summed E-state index contributed by atoms with van der Waals surface area (Å²) in [5.74, 6) is 3.02. The van der Waals surface area contributed by atoms with Gasteiger partial charge in [0.2, 0.25) is 0 Å². The highest BCUT2D eigenvalue weighted by Gasteiger charge is 2.18. The van der Waals surface area contributed by atoms with Crippen LogP contribution in [0.5, 0.6) is 0 Å². The maximum absolute atomic E-state index is 6.35. The van der Waals surface area contributed by atoms with E-state index in [0.717, 1.165) is 94.3 Å². The van der Waals surface area contributed by atoms with Crippen LogP contribution in [0.2, 0.25) is 0 Å². The number of hydrogen-bond acceptors (Lipinski definition) is 8. The molecule has 6 aromatic rings. The predicted octanol–water partition coefficient (Wildman–Crippen LogP) is 6.85. The van der Waals surface area contributed by atoms with Crippen molar-refractivity contribution in [2.24, 2.45) is 0 Å². The summed E-state index contributed by atoms with van der Waals surface area (Å²) in [5.41, 5.74) is 18.3. The van der Waals surface area contributed by atoms with E-state index in [-0.39, 0.29) is 0 Å². The van der Waals surface area contributed by atoms with Gasteiger partial charge in [-0.05, 0) is 25.0 Å². The van der Waals surface area contributed by atoms with Crippen LogP contribution in [0, 0.1) is 0 Å². The smallest absolute Gasteiger partial charge is 0.152 e. The Labute approximate surface area is 270 Å². The Morgan fingerprint density at radius 1 is 0.543 bits per heavy atom. The highest BCUT2D eigenvalue weighted by molar-refractivity contribution is 6.07. The Balaban J connectivity index is 1.01. The van der Waals surface area contributed by atoms with Gasteiger partial charge in [0.15, 0.2) is 11.6 Å². The van der Waals surface area contributed by atoms with Crippen LogP contribution in [0.1, 0.15) is 63.0 Å². The largest absolute Gasteiger partial charge is 0.384 e. The summed E-state index contributed by atoms with van der Waals surface area (Å²) in [5, 5.41) is 2.20. The van der Waals surface area contributed by atoms with Crippen molar-refractivity contribution in [2.75, 3.05) is 38.9 Å². The standard InChI is InChI=1S/C36H46N8O2/c1-45-23-19-29-41-31-33(25-15-9-11-17-27(25)39-35(31)37)43(29)21-13-7-5-3-4-6-8-14-22-44-30(20-24-46-2)42-32-34(44)26-16-10-12-18-28(26)40-36(32)38/h9-12,15-18H,3-8,13-14,19-24H2,1-2H3,(H2,37,39)(H2,38,40). The van der Waals surface area contributed by atoms with Gasteiger partial charge in [-0.15, -0.1) is 0 Å². The lowest BCUT2D eigenvalue weighted by molar-refractivity contribution is 0.199. The number of aromatic nitrogens is 6. The summed E-state index contributed by atoms with van der Waals surface area (Å²) in [6, 6.07) is 16.4. The normalized spacial score (nSPS) is 12.0. The van der Waals surface area contributed by atoms with Crippen molar-refractivity contribution in [1.82, 2.24) is 29.1 Å². The number of nitrogens with two attached hydrogens (primary N) is 2. The molecule has 0 saturated heterocycles. The second kappa shape index (κ2) is 14.9. The number of aryl methyl sites for hydroxylation is 2. The first-order valence-electron chi connectivity index (χ1n) is 16.6. The quantitative estimate of drug-likeness (QED) is 0.106. The number of ether oxygens (including phenoxy) is 2. The number of unbranched alkanes of at least 4 members (excludes halogenated alkanes) is 7. The molecule has 0 aliphatic heterocycles. The molecule has 10 heteroatoms. The molecule has 0 saturated carbocycles. The zero-order valence-corrected chi connectivity index (χ0v) is 27.2. The molecule has 4 heterocycles. The van der Waals surface area contributed by atoms with Gasteiger partial charge in [0.25, 0.3) is 0 Å². The van der Waals surface area contributed by atoms with Gasteiger partial charge < -0.3 is 30.1 Å². The van der Waals surface area contributed by atoms with Crippen molar-refractivity contribution in [3.05, 3.63) is 60.2 Å². The minimum absolute atomic E-state index is 0.494. The molecule has 0 amide bonds. The van der Waals surface area contributed by atoms with Gasteiger partial charge in [-0.3, -0.25) is 0 Å². The van der Waals surface area contributed by atoms with E-state index in [2.05, 4.69) is 43.4 Å². The van der Waals surface area contributed by atoms with Crippen molar-refractivity contribution in [1.29, 1.82) is 0 Å². The number of hydrogen-bond donors (Lipinski definition) is 2. The number of benzene rings is 2. The Hall–Kier alpha value is -4.28. The van der Waals surface area contributed by atoms with Crippen molar-refractivity contribution < 1.29 is 9.47 Å². The molecular formula is C36H46N8O2. The number of imidazole rings is 2. The minimum Gasteiger partial charge on any atom is -0.384 e. The fourth-order valence-corrected chi connectivity index (χ4v) is 6.66. The van der Waals surface area contributed by atoms with Gasteiger partial charge in [-0.1, -0.05) is 74.9 Å². The number of nitrogen functional groups attached to an aromatic ring is 2. The number of anilines is 2. The van der Waals surface area contributed by atoms with E-state index in [0.29, 0.717) is 24.8 Å². The Morgan fingerprint density at radius 3 is 1.35 bits per heavy atom. The summed E-state index contributed by atoms with van der Waals surface area (Å²) in [4.78, 5) is 19.0. The minimum atomic E-state index is 0.494. The molecular weight excluding hydrogens is 576 g/mol. The molecule has 6 rings (SSSR count). The first-order valence-corrected chi connectivity index (χ1v) is 16.6. The molecule has 4 aromatic heterocycles.